The number of rotatable bonds is 6. The van der Waals surface area contributed by atoms with Crippen LogP contribution in [0.1, 0.15) is 22.3 Å². The minimum absolute atomic E-state index is 0.132. The van der Waals surface area contributed by atoms with Crippen LogP contribution in [0.4, 0.5) is 0 Å². The molecular weight excluding hydrogens is 346 g/mol. The normalized spacial score (nSPS) is 17.6. The first-order chi connectivity index (χ1) is 13.0. The van der Waals surface area contributed by atoms with E-state index < -0.39 is 35.7 Å². The number of imide groups is 1. The molecule has 1 fully saturated rings. The van der Waals surface area contributed by atoms with Gasteiger partial charge in [-0.2, -0.15) is 0 Å². The van der Waals surface area contributed by atoms with Gasteiger partial charge in [0.15, 0.2) is 0 Å². The molecule has 0 bridgehead atoms. The van der Waals surface area contributed by atoms with Crippen molar-refractivity contribution in [2.24, 2.45) is 5.73 Å². The van der Waals surface area contributed by atoms with Gasteiger partial charge in [0.05, 0.1) is 6.42 Å². The Kier molecular flexibility index (Phi) is 5.30. The molecule has 1 aliphatic rings. The maximum atomic E-state index is 12.7. The number of primary amides is 1. The molecule has 7 nitrogen and oxygen atoms in total. The first kappa shape index (κ1) is 18.3. The van der Waals surface area contributed by atoms with Crippen molar-refractivity contribution in [3.8, 4) is 0 Å². The third-order valence-electron chi connectivity index (χ3n) is 4.44. The lowest BCUT2D eigenvalue weighted by molar-refractivity contribution is -0.146. The zero-order valence-electron chi connectivity index (χ0n) is 14.5. The van der Waals surface area contributed by atoms with Crippen LogP contribution < -0.4 is 11.1 Å². The Morgan fingerprint density at radius 2 is 1.63 bits per heavy atom. The molecule has 3 rings (SSSR count). The second-order valence-electron chi connectivity index (χ2n) is 6.31. The van der Waals surface area contributed by atoms with Gasteiger partial charge in [-0.25, -0.2) is 0 Å². The van der Waals surface area contributed by atoms with Gasteiger partial charge >= 0.3 is 0 Å². The van der Waals surface area contributed by atoms with E-state index in [1.165, 1.54) is 0 Å². The lowest BCUT2D eigenvalue weighted by Gasteiger charge is -2.24. The van der Waals surface area contributed by atoms with Gasteiger partial charge in [-0.1, -0.05) is 48.5 Å². The van der Waals surface area contributed by atoms with Gasteiger partial charge in [-0.05, 0) is 17.7 Å². The summed E-state index contributed by atoms with van der Waals surface area (Å²) in [5.41, 5.74) is 6.61. The first-order valence-electron chi connectivity index (χ1n) is 8.52. The highest BCUT2D eigenvalue weighted by Crippen LogP contribution is 2.20. The lowest BCUT2D eigenvalue weighted by atomic mass is 10.0. The minimum atomic E-state index is -1.09. The number of carbonyl (C=O) groups is 4. The fourth-order valence-electron chi connectivity index (χ4n) is 3.08. The SMILES string of the molecule is NC(=O)C(Cc1ccccc1)N1C(=O)CC(NC(=O)c2ccccc2)C1=O. The number of amides is 4. The zero-order valence-corrected chi connectivity index (χ0v) is 14.5. The second-order valence-corrected chi connectivity index (χ2v) is 6.31. The summed E-state index contributed by atoms with van der Waals surface area (Å²) >= 11 is 0. The average Bonchev–Trinajstić information content (AvgIpc) is 2.94. The molecule has 2 atom stereocenters. The van der Waals surface area contributed by atoms with Gasteiger partial charge in [0.25, 0.3) is 11.8 Å². The van der Waals surface area contributed by atoms with Crippen LogP contribution in [0.15, 0.2) is 60.7 Å². The number of benzene rings is 2. The van der Waals surface area contributed by atoms with Gasteiger partial charge in [0.2, 0.25) is 11.8 Å². The molecule has 0 saturated carbocycles. The van der Waals surface area contributed by atoms with Crippen LogP contribution in [0.2, 0.25) is 0 Å². The summed E-state index contributed by atoms with van der Waals surface area (Å²) in [5.74, 6) is -2.38. The minimum Gasteiger partial charge on any atom is -0.368 e. The van der Waals surface area contributed by atoms with Gasteiger partial charge in [0, 0.05) is 12.0 Å². The summed E-state index contributed by atoms with van der Waals surface area (Å²) in [7, 11) is 0. The van der Waals surface area contributed by atoms with Crippen molar-refractivity contribution < 1.29 is 19.2 Å². The molecule has 1 aliphatic heterocycles. The molecule has 1 saturated heterocycles. The predicted octanol–water partition coefficient (Wildman–Crippen LogP) is 0.640. The van der Waals surface area contributed by atoms with E-state index in [1.54, 1.807) is 54.6 Å². The highest BCUT2D eigenvalue weighted by molar-refractivity contribution is 6.10. The van der Waals surface area contributed by atoms with Crippen molar-refractivity contribution in [2.75, 3.05) is 0 Å². The molecule has 0 aliphatic carbocycles. The van der Waals surface area contributed by atoms with Crippen LogP contribution in [-0.2, 0) is 20.8 Å². The van der Waals surface area contributed by atoms with Crippen molar-refractivity contribution in [3.05, 3.63) is 71.8 Å². The molecule has 4 amide bonds. The topological polar surface area (TPSA) is 110 Å². The van der Waals surface area contributed by atoms with E-state index in [4.69, 9.17) is 5.73 Å². The molecule has 1 heterocycles. The summed E-state index contributed by atoms with van der Waals surface area (Å²) in [6.45, 7) is 0. The molecule has 27 heavy (non-hydrogen) atoms. The van der Waals surface area contributed by atoms with E-state index in [9.17, 15) is 19.2 Å². The van der Waals surface area contributed by atoms with E-state index >= 15 is 0 Å². The second kappa shape index (κ2) is 7.82. The van der Waals surface area contributed by atoms with Crippen LogP contribution in [0.25, 0.3) is 0 Å². The van der Waals surface area contributed by atoms with Crippen molar-refractivity contribution >= 4 is 23.6 Å². The summed E-state index contributed by atoms with van der Waals surface area (Å²) in [6, 6.07) is 15.3. The zero-order chi connectivity index (χ0) is 19.4. The van der Waals surface area contributed by atoms with Crippen molar-refractivity contribution in [1.29, 1.82) is 0 Å². The van der Waals surface area contributed by atoms with E-state index in [0.717, 1.165) is 10.5 Å². The van der Waals surface area contributed by atoms with Crippen molar-refractivity contribution in [2.45, 2.75) is 24.9 Å². The van der Waals surface area contributed by atoms with Crippen LogP contribution in [0.5, 0.6) is 0 Å². The standard InChI is InChI=1S/C20H19N3O4/c21-18(25)16(11-13-7-3-1-4-8-13)23-17(24)12-15(20(23)27)22-19(26)14-9-5-2-6-10-14/h1-10,15-16H,11-12H2,(H2,21,25)(H,22,26). The van der Waals surface area contributed by atoms with Crippen LogP contribution in [-0.4, -0.2) is 40.6 Å². The van der Waals surface area contributed by atoms with E-state index in [0.29, 0.717) is 5.56 Å². The summed E-state index contributed by atoms with van der Waals surface area (Å²) in [4.78, 5) is 50.2. The molecule has 138 valence electrons. The van der Waals surface area contributed by atoms with Crippen LogP contribution in [0.3, 0.4) is 0 Å². The molecule has 0 aromatic heterocycles. The summed E-state index contributed by atoms with van der Waals surface area (Å²) in [5, 5.41) is 2.56. The number of nitrogens with one attached hydrogen (secondary N) is 1. The number of nitrogens with two attached hydrogens (primary N) is 1. The number of nitrogens with zero attached hydrogens (tertiary/aromatic N) is 1. The van der Waals surface area contributed by atoms with E-state index in [-0.39, 0.29) is 12.8 Å². The van der Waals surface area contributed by atoms with Crippen molar-refractivity contribution in [3.63, 3.8) is 0 Å². The maximum absolute atomic E-state index is 12.7. The largest absolute Gasteiger partial charge is 0.368 e. The Balaban J connectivity index is 1.75. The van der Waals surface area contributed by atoms with E-state index in [1.807, 2.05) is 6.07 Å². The summed E-state index contributed by atoms with van der Waals surface area (Å²) < 4.78 is 0. The Hall–Kier alpha value is -3.48. The van der Waals surface area contributed by atoms with Crippen molar-refractivity contribution in [1.82, 2.24) is 10.2 Å². The molecule has 0 radical (unpaired) electrons. The average molecular weight is 365 g/mol. The third kappa shape index (κ3) is 4.03. The van der Waals surface area contributed by atoms with Crippen LogP contribution >= 0.6 is 0 Å². The first-order valence-corrected chi connectivity index (χ1v) is 8.52. The Morgan fingerprint density at radius 1 is 1.04 bits per heavy atom. The number of hydrogen-bond donors (Lipinski definition) is 2. The quantitative estimate of drug-likeness (QED) is 0.732. The molecule has 0 spiro atoms. The van der Waals surface area contributed by atoms with Gasteiger partial charge in [-0.15, -0.1) is 0 Å². The Morgan fingerprint density at radius 3 is 2.22 bits per heavy atom. The number of carbonyl (C=O) groups excluding carboxylic acids is 4. The van der Waals surface area contributed by atoms with Gasteiger partial charge < -0.3 is 11.1 Å². The number of hydrogen-bond acceptors (Lipinski definition) is 4. The fourth-order valence-corrected chi connectivity index (χ4v) is 3.08. The Bertz CT molecular complexity index is 867. The Labute approximate surface area is 156 Å². The number of likely N-dealkylation sites (tertiary alicyclic amines) is 1. The third-order valence-corrected chi connectivity index (χ3v) is 4.44. The van der Waals surface area contributed by atoms with Gasteiger partial charge in [-0.3, -0.25) is 24.1 Å². The molecule has 7 heteroatoms. The smallest absolute Gasteiger partial charge is 0.253 e. The van der Waals surface area contributed by atoms with E-state index in [2.05, 4.69) is 5.32 Å². The van der Waals surface area contributed by atoms with Crippen LogP contribution in [0, 0.1) is 0 Å². The highest BCUT2D eigenvalue weighted by atomic mass is 16.2. The maximum Gasteiger partial charge on any atom is 0.253 e. The monoisotopic (exact) mass is 365 g/mol. The molecule has 2 aromatic carbocycles. The lowest BCUT2D eigenvalue weighted by Crippen LogP contribution is -2.51. The fraction of sp³-hybridized carbons (Fsp3) is 0.200. The van der Waals surface area contributed by atoms with Gasteiger partial charge in [0.1, 0.15) is 12.1 Å². The summed E-state index contributed by atoms with van der Waals surface area (Å²) in [6.07, 6.45) is -0.0665. The molecule has 2 unspecified atom stereocenters. The molecule has 2 aromatic rings. The predicted molar refractivity (Wildman–Crippen MR) is 97.3 cm³/mol. The molecule has 3 N–H and O–H groups in total. The molecular formula is C20H19N3O4. The highest BCUT2D eigenvalue weighted by Gasteiger charge is 2.44.